The van der Waals surface area contributed by atoms with Crippen molar-refractivity contribution in [2.24, 2.45) is 4.99 Å². The van der Waals surface area contributed by atoms with Gasteiger partial charge in [0.2, 0.25) is 0 Å². The molecule has 80 valence electrons. The molecule has 0 fully saturated rings. The number of hydrogen-bond donors (Lipinski definition) is 2. The number of para-hydroxylation sites is 2. The Morgan fingerprint density at radius 1 is 1.33 bits per heavy atom. The largest absolute Gasteiger partial charge is 0.242 e. The minimum atomic E-state index is 0. The quantitative estimate of drug-likeness (QED) is 0.730. The molecule has 0 aliphatic rings. The topological polar surface area (TPSA) is 77.8 Å². The van der Waals surface area contributed by atoms with E-state index in [1.807, 2.05) is 37.2 Å². The molecule has 2 rings (SSSR count). The first-order chi connectivity index (χ1) is 6.88. The molecule has 0 spiro atoms. The fourth-order valence-corrected chi connectivity index (χ4v) is 0.865. The number of aromatic amines is 1. The Labute approximate surface area is 93.5 Å². The molecule has 0 saturated heterocycles. The third-order valence-corrected chi connectivity index (χ3v) is 1.46. The van der Waals surface area contributed by atoms with E-state index >= 15 is 0 Å². The lowest BCUT2D eigenvalue weighted by molar-refractivity contribution is 0.959. The number of nitrogens with zero attached hydrogens (tertiary/aromatic N) is 3. The van der Waals surface area contributed by atoms with Gasteiger partial charge in [0.1, 0.15) is 11.0 Å². The van der Waals surface area contributed by atoms with E-state index in [2.05, 4.69) is 20.4 Å². The molecule has 1 heterocycles. The summed E-state index contributed by atoms with van der Waals surface area (Å²) in [6, 6.07) is 9.59. The van der Waals surface area contributed by atoms with E-state index in [9.17, 15) is 0 Å². The maximum atomic E-state index is 6.19. The molecule has 15 heavy (non-hydrogen) atoms. The van der Waals surface area contributed by atoms with Crippen LogP contribution in [0.3, 0.4) is 0 Å². The van der Waals surface area contributed by atoms with Crippen molar-refractivity contribution in [2.75, 3.05) is 6.54 Å². The zero-order chi connectivity index (χ0) is 10.2. The lowest BCUT2D eigenvalue weighted by atomic mass is 10.3. The average molecular weight is 226 g/mol. The van der Waals surface area contributed by atoms with Gasteiger partial charge in [0.15, 0.2) is 0 Å². The monoisotopic (exact) mass is 225 g/mol. The Balaban J connectivity index is 0.000000289. The van der Waals surface area contributed by atoms with E-state index in [-0.39, 0.29) is 12.4 Å². The minimum Gasteiger partial charge on any atom is -0.242 e. The second-order valence-electron chi connectivity index (χ2n) is 2.40. The average Bonchev–Trinajstić information content (AvgIpc) is 2.67. The molecule has 6 heteroatoms. The molecule has 0 atom stereocenters. The predicted molar refractivity (Wildman–Crippen MR) is 61.8 cm³/mol. The normalized spacial score (nSPS) is 8.07. The van der Waals surface area contributed by atoms with Gasteiger partial charge in [-0.15, -0.1) is 12.4 Å². The highest BCUT2D eigenvalue weighted by Crippen LogP contribution is 2.03. The number of aromatic nitrogens is 3. The zero-order valence-corrected chi connectivity index (χ0v) is 9.08. The molecule has 0 amide bonds. The maximum absolute atomic E-state index is 6.19. The van der Waals surface area contributed by atoms with Crippen molar-refractivity contribution in [3.8, 4) is 0 Å². The van der Waals surface area contributed by atoms with Gasteiger partial charge in [-0.2, -0.15) is 15.4 Å². The van der Waals surface area contributed by atoms with Crippen molar-refractivity contribution in [1.29, 1.82) is 5.41 Å². The standard InChI is InChI=1S/C6H5N3.C3H6N2.ClH/c1-2-4-6-5(3-1)7-9-8-6;1-2-5-3-4;/h1-4H,(H,7,8,9);4H,2H2,1H3;1H. The Bertz CT molecular complexity index is 403. The lowest BCUT2D eigenvalue weighted by Gasteiger charge is -1.78. The van der Waals surface area contributed by atoms with Gasteiger partial charge >= 0.3 is 0 Å². The predicted octanol–water partition coefficient (Wildman–Crippen LogP) is 2.14. The highest BCUT2D eigenvalue weighted by Gasteiger charge is 1.90. The summed E-state index contributed by atoms with van der Waals surface area (Å²) < 4.78 is 0. The second kappa shape index (κ2) is 7.67. The molecule has 0 bridgehead atoms. The minimum absolute atomic E-state index is 0. The third kappa shape index (κ3) is 4.35. The number of rotatable bonds is 1. The summed E-state index contributed by atoms with van der Waals surface area (Å²) in [5.41, 5.74) is 1.83. The molecular formula is C9H12ClN5. The van der Waals surface area contributed by atoms with Crippen LogP contribution >= 0.6 is 12.4 Å². The van der Waals surface area contributed by atoms with Gasteiger partial charge in [-0.1, -0.05) is 12.1 Å². The Kier molecular flexibility index (Phi) is 6.80. The van der Waals surface area contributed by atoms with Crippen molar-refractivity contribution in [3.63, 3.8) is 0 Å². The van der Waals surface area contributed by atoms with Crippen LogP contribution in [0.1, 0.15) is 6.92 Å². The van der Waals surface area contributed by atoms with Crippen LogP contribution in [0.5, 0.6) is 0 Å². The highest BCUT2D eigenvalue weighted by atomic mass is 35.5. The highest BCUT2D eigenvalue weighted by molar-refractivity contribution is 5.85. The summed E-state index contributed by atoms with van der Waals surface area (Å²) in [7, 11) is 0. The van der Waals surface area contributed by atoms with Crippen molar-refractivity contribution >= 4 is 29.4 Å². The summed E-state index contributed by atoms with van der Waals surface area (Å²) >= 11 is 0. The number of hydrogen-bond acceptors (Lipinski definition) is 4. The molecule has 0 aliphatic heterocycles. The summed E-state index contributed by atoms with van der Waals surface area (Å²) in [4.78, 5) is 3.39. The van der Waals surface area contributed by atoms with Crippen LogP contribution in [-0.4, -0.2) is 28.0 Å². The zero-order valence-electron chi connectivity index (χ0n) is 8.27. The smallest absolute Gasteiger partial charge is 0.112 e. The molecule has 5 nitrogen and oxygen atoms in total. The fourth-order valence-electron chi connectivity index (χ4n) is 0.865. The van der Waals surface area contributed by atoms with Crippen LogP contribution in [0, 0.1) is 5.41 Å². The van der Waals surface area contributed by atoms with Crippen LogP contribution in [0.4, 0.5) is 0 Å². The van der Waals surface area contributed by atoms with Crippen molar-refractivity contribution in [2.45, 2.75) is 6.92 Å². The number of benzene rings is 1. The van der Waals surface area contributed by atoms with Gasteiger partial charge in [-0.25, -0.2) is 10.4 Å². The first kappa shape index (κ1) is 13.3. The molecule has 0 radical (unpaired) electrons. The van der Waals surface area contributed by atoms with E-state index in [0.29, 0.717) is 6.54 Å². The van der Waals surface area contributed by atoms with Crippen LogP contribution < -0.4 is 0 Å². The molecule has 0 aliphatic carbocycles. The molecule has 2 N–H and O–H groups in total. The molecular weight excluding hydrogens is 214 g/mol. The fraction of sp³-hybridized carbons (Fsp3) is 0.222. The summed E-state index contributed by atoms with van der Waals surface area (Å²) in [6.07, 6.45) is 0. The van der Waals surface area contributed by atoms with E-state index in [1.165, 1.54) is 0 Å². The maximum Gasteiger partial charge on any atom is 0.112 e. The summed E-state index contributed by atoms with van der Waals surface area (Å²) in [6.45, 7) is 2.53. The summed E-state index contributed by atoms with van der Waals surface area (Å²) in [5.74, 6) is 0. The van der Waals surface area contributed by atoms with E-state index in [1.54, 1.807) is 0 Å². The Morgan fingerprint density at radius 3 is 2.20 bits per heavy atom. The van der Waals surface area contributed by atoms with Crippen LogP contribution in [0.25, 0.3) is 11.0 Å². The molecule has 1 aromatic heterocycles. The molecule has 2 aromatic rings. The van der Waals surface area contributed by atoms with Gasteiger partial charge in [0.25, 0.3) is 0 Å². The van der Waals surface area contributed by atoms with E-state index in [0.717, 1.165) is 11.0 Å². The van der Waals surface area contributed by atoms with Crippen molar-refractivity contribution in [3.05, 3.63) is 24.3 Å². The third-order valence-electron chi connectivity index (χ3n) is 1.46. The molecule has 0 saturated carbocycles. The van der Waals surface area contributed by atoms with Gasteiger partial charge in [-0.3, -0.25) is 0 Å². The first-order valence-corrected chi connectivity index (χ1v) is 4.22. The lowest BCUT2D eigenvalue weighted by Crippen LogP contribution is -1.63. The van der Waals surface area contributed by atoms with Crippen molar-refractivity contribution < 1.29 is 0 Å². The Morgan fingerprint density at radius 2 is 1.87 bits per heavy atom. The molecule has 0 unspecified atom stereocenters. The van der Waals surface area contributed by atoms with Crippen LogP contribution in [-0.2, 0) is 0 Å². The molecule has 1 aromatic carbocycles. The number of halogens is 1. The van der Waals surface area contributed by atoms with E-state index < -0.39 is 0 Å². The number of fused-ring (bicyclic) bond motifs is 1. The summed E-state index contributed by atoms with van der Waals surface area (Å²) in [5, 5.41) is 16.5. The SMILES string of the molecule is CCN=C=N.Cl.c1ccc2n[nH]nc2c1. The first-order valence-electron chi connectivity index (χ1n) is 4.22. The van der Waals surface area contributed by atoms with Gasteiger partial charge in [-0.05, 0) is 19.1 Å². The Hall–Kier alpha value is -1.71. The van der Waals surface area contributed by atoms with Gasteiger partial charge in [0, 0.05) is 6.54 Å². The van der Waals surface area contributed by atoms with Crippen LogP contribution in [0.15, 0.2) is 29.3 Å². The van der Waals surface area contributed by atoms with E-state index in [4.69, 9.17) is 5.41 Å². The van der Waals surface area contributed by atoms with Gasteiger partial charge < -0.3 is 0 Å². The van der Waals surface area contributed by atoms with Gasteiger partial charge in [0.05, 0.1) is 6.01 Å². The van der Waals surface area contributed by atoms with Crippen LogP contribution in [0.2, 0.25) is 0 Å². The number of aliphatic imine (C=N–C) groups is 1. The van der Waals surface area contributed by atoms with Crippen molar-refractivity contribution in [1.82, 2.24) is 15.4 Å². The number of H-pyrrole nitrogens is 1. The number of nitrogens with one attached hydrogen (secondary N) is 2. The second-order valence-corrected chi connectivity index (χ2v) is 2.40.